The van der Waals surface area contributed by atoms with E-state index >= 15 is 0 Å². The summed E-state index contributed by atoms with van der Waals surface area (Å²) in [6.45, 7) is 5.87. The minimum atomic E-state index is -0.359. The highest BCUT2D eigenvalue weighted by Crippen LogP contribution is 2.49. The van der Waals surface area contributed by atoms with Gasteiger partial charge in [-0.15, -0.1) is 0 Å². The average Bonchev–Trinajstić information content (AvgIpc) is 3.15. The Morgan fingerprint density at radius 1 is 1.23 bits per heavy atom. The first kappa shape index (κ1) is 19.3. The van der Waals surface area contributed by atoms with Crippen LogP contribution in [0.3, 0.4) is 0 Å². The smallest absolute Gasteiger partial charge is 0.265 e. The van der Waals surface area contributed by atoms with Crippen molar-refractivity contribution in [2.45, 2.75) is 33.4 Å². The molecule has 0 fully saturated rings. The number of amides is 1. The summed E-state index contributed by atoms with van der Waals surface area (Å²) in [4.78, 5) is 17.1. The first-order chi connectivity index (χ1) is 14.4. The normalized spacial score (nSPS) is 11.6. The molecular weight excluding hydrogens is 386 g/mol. The topological polar surface area (TPSA) is 122 Å². The summed E-state index contributed by atoms with van der Waals surface area (Å²) in [5, 5.41) is 19.0. The standard InChI is InChI=1S/C21H19N5O4/c1-11(2)25-18-15(20(27)23-9-14-6-12(3)26-30-14)10-24-21-19(18)28-17-7-13(8-22)4-5-16(17)29-21/h4-7,10-11H,9H2,1-3H3,(H,23,27)(H,24,25). The van der Waals surface area contributed by atoms with Gasteiger partial charge in [-0.3, -0.25) is 4.79 Å². The van der Waals surface area contributed by atoms with Crippen molar-refractivity contribution in [3.8, 4) is 29.2 Å². The number of nitriles is 1. The number of hydrogen-bond acceptors (Lipinski definition) is 8. The molecule has 2 aromatic heterocycles. The Morgan fingerprint density at radius 3 is 2.77 bits per heavy atom. The van der Waals surface area contributed by atoms with Crippen LogP contribution in [-0.4, -0.2) is 22.1 Å². The van der Waals surface area contributed by atoms with Gasteiger partial charge in [-0.05, 0) is 32.9 Å². The summed E-state index contributed by atoms with van der Waals surface area (Å²) in [7, 11) is 0. The van der Waals surface area contributed by atoms with E-state index in [1.165, 1.54) is 6.20 Å². The lowest BCUT2D eigenvalue weighted by atomic mass is 10.1. The summed E-state index contributed by atoms with van der Waals surface area (Å²) in [6, 6.07) is 8.68. The van der Waals surface area contributed by atoms with Crippen LogP contribution in [0.2, 0.25) is 0 Å². The molecule has 0 bridgehead atoms. The molecule has 0 spiro atoms. The van der Waals surface area contributed by atoms with E-state index < -0.39 is 0 Å². The molecule has 9 heteroatoms. The fraction of sp³-hybridized carbons (Fsp3) is 0.238. The van der Waals surface area contributed by atoms with Gasteiger partial charge in [-0.25, -0.2) is 4.98 Å². The molecule has 3 heterocycles. The first-order valence-corrected chi connectivity index (χ1v) is 9.34. The lowest BCUT2D eigenvalue weighted by Crippen LogP contribution is -2.25. The Morgan fingerprint density at radius 2 is 2.07 bits per heavy atom. The van der Waals surface area contributed by atoms with E-state index in [1.54, 1.807) is 31.2 Å². The molecule has 3 aromatic rings. The van der Waals surface area contributed by atoms with Gasteiger partial charge in [0.05, 0.1) is 35.1 Å². The number of anilines is 1. The zero-order valence-corrected chi connectivity index (χ0v) is 16.6. The zero-order valence-electron chi connectivity index (χ0n) is 16.6. The van der Waals surface area contributed by atoms with Crippen LogP contribution in [0.15, 0.2) is 35.0 Å². The molecule has 2 N–H and O–H groups in total. The highest BCUT2D eigenvalue weighted by Gasteiger charge is 2.28. The summed E-state index contributed by atoms with van der Waals surface area (Å²) in [5.41, 5.74) is 1.91. The Balaban J connectivity index is 1.67. The maximum atomic E-state index is 12.9. The molecule has 9 nitrogen and oxygen atoms in total. The van der Waals surface area contributed by atoms with E-state index in [0.717, 1.165) is 5.69 Å². The predicted octanol–water partition coefficient (Wildman–Crippen LogP) is 3.90. The van der Waals surface area contributed by atoms with Crippen LogP contribution in [0.5, 0.6) is 23.1 Å². The minimum absolute atomic E-state index is 0.00964. The van der Waals surface area contributed by atoms with Crippen molar-refractivity contribution in [3.63, 3.8) is 0 Å². The molecule has 0 saturated heterocycles. The van der Waals surface area contributed by atoms with Crippen LogP contribution in [0, 0.1) is 18.3 Å². The third-order valence-corrected chi connectivity index (χ3v) is 4.27. The van der Waals surface area contributed by atoms with Crippen LogP contribution in [0.25, 0.3) is 0 Å². The summed E-state index contributed by atoms with van der Waals surface area (Å²) in [5.74, 6) is 1.53. The number of pyridine rings is 1. The van der Waals surface area contributed by atoms with E-state index in [1.807, 2.05) is 13.8 Å². The van der Waals surface area contributed by atoms with Gasteiger partial charge in [0.25, 0.3) is 11.8 Å². The van der Waals surface area contributed by atoms with Gasteiger partial charge in [0, 0.05) is 24.4 Å². The fourth-order valence-electron chi connectivity index (χ4n) is 2.97. The van der Waals surface area contributed by atoms with Gasteiger partial charge in [0.15, 0.2) is 17.3 Å². The molecule has 0 unspecified atom stereocenters. The second kappa shape index (κ2) is 7.75. The van der Waals surface area contributed by atoms with E-state index in [0.29, 0.717) is 34.1 Å². The third-order valence-electron chi connectivity index (χ3n) is 4.27. The van der Waals surface area contributed by atoms with Gasteiger partial charge < -0.3 is 24.6 Å². The molecule has 1 aromatic carbocycles. The number of benzene rings is 1. The Hall–Kier alpha value is -4.06. The number of aromatic nitrogens is 2. The molecule has 0 atom stereocenters. The van der Waals surface area contributed by atoms with Crippen LogP contribution in [0.1, 0.15) is 41.2 Å². The Bertz CT molecular complexity index is 1160. The molecule has 1 aliphatic heterocycles. The first-order valence-electron chi connectivity index (χ1n) is 9.34. The van der Waals surface area contributed by atoms with Gasteiger partial charge in [0.2, 0.25) is 5.75 Å². The quantitative estimate of drug-likeness (QED) is 0.513. The van der Waals surface area contributed by atoms with Crippen molar-refractivity contribution in [2.75, 3.05) is 5.32 Å². The molecule has 1 aliphatic rings. The van der Waals surface area contributed by atoms with Crippen LogP contribution >= 0.6 is 0 Å². The highest BCUT2D eigenvalue weighted by atomic mass is 16.6. The Labute approximate surface area is 172 Å². The monoisotopic (exact) mass is 405 g/mol. The maximum Gasteiger partial charge on any atom is 0.265 e. The summed E-state index contributed by atoms with van der Waals surface area (Å²) >= 11 is 0. The number of hydrogen-bond donors (Lipinski definition) is 2. The number of fused-ring (bicyclic) bond motifs is 2. The molecule has 4 rings (SSSR count). The van der Waals surface area contributed by atoms with E-state index in [4.69, 9.17) is 19.3 Å². The number of ether oxygens (including phenoxy) is 2. The van der Waals surface area contributed by atoms with E-state index in [2.05, 4.69) is 26.8 Å². The summed E-state index contributed by atoms with van der Waals surface area (Å²) in [6.07, 6.45) is 1.43. The predicted molar refractivity (Wildman–Crippen MR) is 107 cm³/mol. The van der Waals surface area contributed by atoms with Gasteiger partial charge in [-0.1, -0.05) is 5.16 Å². The highest BCUT2D eigenvalue weighted by molar-refractivity contribution is 6.01. The molecule has 1 amide bonds. The molecule has 152 valence electrons. The van der Waals surface area contributed by atoms with E-state index in [-0.39, 0.29) is 30.1 Å². The number of carbonyl (C=O) groups is 1. The van der Waals surface area contributed by atoms with Crippen molar-refractivity contribution in [1.82, 2.24) is 15.5 Å². The number of nitrogens with zero attached hydrogens (tertiary/aromatic N) is 3. The number of carbonyl (C=O) groups excluding carboxylic acids is 1. The lowest BCUT2D eigenvalue weighted by Gasteiger charge is -2.24. The fourth-order valence-corrected chi connectivity index (χ4v) is 2.97. The molecule has 0 aliphatic carbocycles. The second-order valence-corrected chi connectivity index (χ2v) is 7.07. The van der Waals surface area contributed by atoms with Gasteiger partial charge >= 0.3 is 0 Å². The second-order valence-electron chi connectivity index (χ2n) is 7.07. The zero-order chi connectivity index (χ0) is 21.3. The molecule has 0 saturated carbocycles. The number of rotatable bonds is 5. The average molecular weight is 405 g/mol. The third kappa shape index (κ3) is 3.75. The largest absolute Gasteiger partial charge is 0.445 e. The molecule has 0 radical (unpaired) electrons. The van der Waals surface area contributed by atoms with Crippen LogP contribution < -0.4 is 20.1 Å². The van der Waals surface area contributed by atoms with Gasteiger partial charge in [0.1, 0.15) is 0 Å². The van der Waals surface area contributed by atoms with Crippen molar-refractivity contribution >= 4 is 11.6 Å². The lowest BCUT2D eigenvalue weighted by molar-refractivity contribution is 0.0947. The number of nitrogens with one attached hydrogen (secondary N) is 2. The van der Waals surface area contributed by atoms with Crippen LogP contribution in [0.4, 0.5) is 5.69 Å². The van der Waals surface area contributed by atoms with Crippen molar-refractivity contribution in [1.29, 1.82) is 5.26 Å². The SMILES string of the molecule is Cc1cc(CNC(=O)c2cnc3c(c2NC(C)C)Oc2cc(C#N)ccc2O3)on1. The van der Waals surface area contributed by atoms with E-state index in [9.17, 15) is 4.79 Å². The van der Waals surface area contributed by atoms with Gasteiger partial charge in [-0.2, -0.15) is 5.26 Å². The Kier molecular flexibility index (Phi) is 4.98. The molecule has 30 heavy (non-hydrogen) atoms. The summed E-state index contributed by atoms with van der Waals surface area (Å²) < 4.78 is 17.0. The maximum absolute atomic E-state index is 12.9. The van der Waals surface area contributed by atoms with Crippen molar-refractivity contribution in [3.05, 3.63) is 53.0 Å². The number of aryl methyl sites for hydroxylation is 1. The van der Waals surface area contributed by atoms with Crippen LogP contribution in [-0.2, 0) is 6.54 Å². The van der Waals surface area contributed by atoms with Crippen molar-refractivity contribution in [2.24, 2.45) is 0 Å². The molecular formula is C21H19N5O4. The van der Waals surface area contributed by atoms with Crippen molar-refractivity contribution < 1.29 is 18.8 Å². The minimum Gasteiger partial charge on any atom is -0.445 e.